The van der Waals surface area contributed by atoms with Crippen LogP contribution in [0.15, 0.2) is 36.4 Å². The van der Waals surface area contributed by atoms with Crippen LogP contribution >= 0.6 is 11.6 Å². The summed E-state index contributed by atoms with van der Waals surface area (Å²) >= 11 is 6.58. The first-order chi connectivity index (χ1) is 9.58. The summed E-state index contributed by atoms with van der Waals surface area (Å²) in [5, 5.41) is -0.434. The zero-order valence-corrected chi connectivity index (χ0v) is 13.0. The maximum absolute atomic E-state index is 14.3. The molecule has 20 heavy (non-hydrogen) atoms. The first kappa shape index (κ1) is 15.1. The molecule has 1 atom stereocenters. The molecule has 0 aliphatic heterocycles. The molecular formula is C18H20ClF. The van der Waals surface area contributed by atoms with E-state index in [9.17, 15) is 4.39 Å². The molecule has 0 nitrogen and oxygen atoms in total. The number of halogens is 2. The summed E-state index contributed by atoms with van der Waals surface area (Å²) in [4.78, 5) is 0. The Hall–Kier alpha value is -1.34. The smallest absolute Gasteiger partial charge is 0.131 e. The van der Waals surface area contributed by atoms with Crippen molar-refractivity contribution in [1.82, 2.24) is 0 Å². The Bertz CT molecular complexity index is 604. The quantitative estimate of drug-likeness (QED) is 0.644. The average Bonchev–Trinajstić information content (AvgIpc) is 2.48. The number of hydrogen-bond donors (Lipinski definition) is 0. The predicted molar refractivity (Wildman–Crippen MR) is 84.0 cm³/mol. The van der Waals surface area contributed by atoms with Crippen LogP contribution in [-0.2, 0) is 12.8 Å². The predicted octanol–water partition coefficient (Wildman–Crippen LogP) is 5.59. The number of alkyl halides is 1. The molecule has 2 aromatic carbocycles. The Morgan fingerprint density at radius 3 is 2.45 bits per heavy atom. The molecule has 0 heterocycles. The molecule has 0 N–H and O–H groups in total. The SMILES string of the molecule is CCc1ccc(CC)c(C(Cl)c2cccc(C)c2F)c1. The lowest BCUT2D eigenvalue weighted by Crippen LogP contribution is -2.03. The Labute approximate surface area is 125 Å². The van der Waals surface area contributed by atoms with Crippen LogP contribution in [0.4, 0.5) is 4.39 Å². The molecule has 0 radical (unpaired) electrons. The number of hydrogen-bond acceptors (Lipinski definition) is 0. The van der Waals surface area contributed by atoms with E-state index in [4.69, 9.17) is 11.6 Å². The molecule has 0 amide bonds. The van der Waals surface area contributed by atoms with Gasteiger partial charge in [0, 0.05) is 5.56 Å². The molecule has 106 valence electrons. The lowest BCUT2D eigenvalue weighted by molar-refractivity contribution is 0.603. The maximum Gasteiger partial charge on any atom is 0.131 e. The van der Waals surface area contributed by atoms with Crippen LogP contribution in [0.1, 0.15) is 47.0 Å². The van der Waals surface area contributed by atoms with Crippen LogP contribution in [0.2, 0.25) is 0 Å². The molecule has 2 rings (SSSR count). The number of aryl methyl sites for hydroxylation is 3. The van der Waals surface area contributed by atoms with Gasteiger partial charge in [-0.3, -0.25) is 0 Å². The second kappa shape index (κ2) is 6.41. The first-order valence-corrected chi connectivity index (χ1v) is 7.52. The highest BCUT2D eigenvalue weighted by molar-refractivity contribution is 6.22. The van der Waals surface area contributed by atoms with E-state index in [0.29, 0.717) is 11.1 Å². The maximum atomic E-state index is 14.3. The van der Waals surface area contributed by atoms with E-state index in [-0.39, 0.29) is 5.82 Å². The Morgan fingerprint density at radius 2 is 1.80 bits per heavy atom. The van der Waals surface area contributed by atoms with Gasteiger partial charge >= 0.3 is 0 Å². The van der Waals surface area contributed by atoms with Gasteiger partial charge < -0.3 is 0 Å². The summed E-state index contributed by atoms with van der Waals surface area (Å²) in [6.07, 6.45) is 1.85. The van der Waals surface area contributed by atoms with Crippen molar-refractivity contribution in [1.29, 1.82) is 0 Å². The lowest BCUT2D eigenvalue weighted by Gasteiger charge is -2.17. The van der Waals surface area contributed by atoms with Gasteiger partial charge in [0.1, 0.15) is 5.82 Å². The summed E-state index contributed by atoms with van der Waals surface area (Å²) in [7, 11) is 0. The minimum absolute atomic E-state index is 0.198. The topological polar surface area (TPSA) is 0 Å². The van der Waals surface area contributed by atoms with Gasteiger partial charge in [0.15, 0.2) is 0 Å². The van der Waals surface area contributed by atoms with E-state index in [1.165, 1.54) is 11.1 Å². The van der Waals surface area contributed by atoms with Gasteiger partial charge in [0.05, 0.1) is 5.38 Å². The Morgan fingerprint density at radius 1 is 1.05 bits per heavy atom. The van der Waals surface area contributed by atoms with Crippen LogP contribution in [0.25, 0.3) is 0 Å². The molecular weight excluding hydrogens is 271 g/mol. The van der Waals surface area contributed by atoms with E-state index in [1.807, 2.05) is 6.07 Å². The highest BCUT2D eigenvalue weighted by atomic mass is 35.5. The van der Waals surface area contributed by atoms with Crippen molar-refractivity contribution in [2.24, 2.45) is 0 Å². The van der Waals surface area contributed by atoms with E-state index in [2.05, 4.69) is 32.0 Å². The highest BCUT2D eigenvalue weighted by Crippen LogP contribution is 2.34. The normalized spacial score (nSPS) is 12.4. The standard InChI is InChI=1S/C18H20ClF/c1-4-13-9-10-14(5-2)16(11-13)17(19)15-8-6-7-12(3)18(15)20/h6-11,17H,4-5H2,1-3H3. The molecule has 0 fully saturated rings. The second-order valence-electron chi connectivity index (χ2n) is 5.08. The van der Waals surface area contributed by atoms with Gasteiger partial charge in [0.25, 0.3) is 0 Å². The third kappa shape index (κ3) is 2.88. The van der Waals surface area contributed by atoms with Crippen LogP contribution in [-0.4, -0.2) is 0 Å². The highest BCUT2D eigenvalue weighted by Gasteiger charge is 2.19. The van der Waals surface area contributed by atoms with E-state index in [1.54, 1.807) is 19.1 Å². The minimum atomic E-state index is -0.434. The zero-order chi connectivity index (χ0) is 14.7. The molecule has 0 aliphatic rings. The summed E-state index contributed by atoms with van der Waals surface area (Å²) in [5.74, 6) is -0.198. The van der Waals surface area contributed by atoms with Crippen LogP contribution < -0.4 is 0 Å². The zero-order valence-electron chi connectivity index (χ0n) is 12.2. The van der Waals surface area contributed by atoms with E-state index >= 15 is 0 Å². The molecule has 0 aromatic heterocycles. The van der Waals surface area contributed by atoms with Crippen molar-refractivity contribution in [3.63, 3.8) is 0 Å². The van der Waals surface area contributed by atoms with Gasteiger partial charge in [-0.2, -0.15) is 0 Å². The molecule has 2 heteroatoms. The largest absolute Gasteiger partial charge is 0.206 e. The number of rotatable bonds is 4. The van der Waals surface area contributed by atoms with E-state index in [0.717, 1.165) is 18.4 Å². The third-order valence-corrected chi connectivity index (χ3v) is 4.24. The van der Waals surface area contributed by atoms with Crippen molar-refractivity contribution < 1.29 is 4.39 Å². The lowest BCUT2D eigenvalue weighted by atomic mass is 9.94. The molecule has 0 spiro atoms. The van der Waals surface area contributed by atoms with Crippen molar-refractivity contribution in [2.75, 3.05) is 0 Å². The molecule has 2 aromatic rings. The summed E-state index contributed by atoms with van der Waals surface area (Å²) < 4.78 is 14.3. The van der Waals surface area contributed by atoms with Gasteiger partial charge in [-0.05, 0) is 42.0 Å². The fourth-order valence-corrected chi connectivity index (χ4v) is 2.83. The van der Waals surface area contributed by atoms with Gasteiger partial charge in [-0.1, -0.05) is 50.2 Å². The van der Waals surface area contributed by atoms with Gasteiger partial charge in [-0.15, -0.1) is 11.6 Å². The molecule has 0 saturated carbocycles. The fraction of sp³-hybridized carbons (Fsp3) is 0.333. The summed E-state index contributed by atoms with van der Waals surface area (Å²) in [6.45, 7) is 5.98. The van der Waals surface area contributed by atoms with Gasteiger partial charge in [-0.25, -0.2) is 4.39 Å². The second-order valence-corrected chi connectivity index (χ2v) is 5.52. The van der Waals surface area contributed by atoms with Crippen molar-refractivity contribution >= 4 is 11.6 Å². The summed E-state index contributed by atoms with van der Waals surface area (Å²) in [6, 6.07) is 11.7. The first-order valence-electron chi connectivity index (χ1n) is 7.09. The average molecular weight is 291 g/mol. The monoisotopic (exact) mass is 290 g/mol. The molecule has 0 bridgehead atoms. The molecule has 0 saturated heterocycles. The molecule has 0 aliphatic carbocycles. The Balaban J connectivity index is 2.51. The minimum Gasteiger partial charge on any atom is -0.206 e. The fourth-order valence-electron chi connectivity index (χ4n) is 2.46. The van der Waals surface area contributed by atoms with Crippen LogP contribution in [0.3, 0.4) is 0 Å². The third-order valence-electron chi connectivity index (χ3n) is 3.77. The van der Waals surface area contributed by atoms with Crippen LogP contribution in [0, 0.1) is 12.7 Å². The Kier molecular flexibility index (Phi) is 4.82. The van der Waals surface area contributed by atoms with E-state index < -0.39 is 5.38 Å². The summed E-state index contributed by atoms with van der Waals surface area (Å²) in [5.41, 5.74) is 4.64. The number of benzene rings is 2. The van der Waals surface area contributed by atoms with Crippen LogP contribution in [0.5, 0.6) is 0 Å². The van der Waals surface area contributed by atoms with Crippen molar-refractivity contribution in [2.45, 2.75) is 39.0 Å². The van der Waals surface area contributed by atoms with Crippen molar-refractivity contribution in [3.05, 3.63) is 70.0 Å². The van der Waals surface area contributed by atoms with Gasteiger partial charge in [0.2, 0.25) is 0 Å². The van der Waals surface area contributed by atoms with Crippen molar-refractivity contribution in [3.8, 4) is 0 Å². The molecule has 1 unspecified atom stereocenters.